The monoisotopic (exact) mass is 391 g/mol. The van der Waals surface area contributed by atoms with Crippen LogP contribution in [0, 0.1) is 0 Å². The Bertz CT molecular complexity index is 877. The van der Waals surface area contributed by atoms with Gasteiger partial charge in [-0.2, -0.15) is 5.10 Å². The van der Waals surface area contributed by atoms with Gasteiger partial charge in [-0.1, -0.05) is 54.6 Å². The van der Waals surface area contributed by atoms with Crippen molar-refractivity contribution in [2.45, 2.75) is 25.9 Å². The Morgan fingerprint density at radius 2 is 1.79 bits per heavy atom. The Balaban J connectivity index is 1.66. The number of hydrogen-bond acceptors (Lipinski definition) is 3. The molecule has 3 N–H and O–H groups in total. The molecule has 0 aliphatic carbocycles. The van der Waals surface area contributed by atoms with E-state index in [9.17, 15) is 5.11 Å². The summed E-state index contributed by atoms with van der Waals surface area (Å²) in [7, 11) is 0. The van der Waals surface area contributed by atoms with E-state index >= 15 is 0 Å². The van der Waals surface area contributed by atoms with Crippen molar-refractivity contribution in [1.82, 2.24) is 20.4 Å². The maximum absolute atomic E-state index is 9.78. The van der Waals surface area contributed by atoms with Crippen LogP contribution < -0.4 is 10.6 Å². The van der Waals surface area contributed by atoms with E-state index in [4.69, 9.17) is 4.99 Å². The van der Waals surface area contributed by atoms with Gasteiger partial charge in [0.15, 0.2) is 5.96 Å². The number of aliphatic imine (C=N–C) groups is 1. The number of aromatic nitrogens is 2. The Labute approximate surface area is 172 Å². The fourth-order valence-electron chi connectivity index (χ4n) is 3.17. The topological polar surface area (TPSA) is 74.5 Å². The Morgan fingerprint density at radius 1 is 1.03 bits per heavy atom. The van der Waals surface area contributed by atoms with Gasteiger partial charge in [0.1, 0.15) is 0 Å². The highest BCUT2D eigenvalue weighted by Gasteiger charge is 2.11. The van der Waals surface area contributed by atoms with Gasteiger partial charge in [0.05, 0.1) is 19.7 Å². The van der Waals surface area contributed by atoms with E-state index in [1.807, 2.05) is 66.3 Å². The Morgan fingerprint density at radius 3 is 2.48 bits per heavy atom. The summed E-state index contributed by atoms with van der Waals surface area (Å²) in [5.41, 5.74) is 3.48. The van der Waals surface area contributed by atoms with Gasteiger partial charge in [-0.15, -0.1) is 0 Å². The zero-order chi connectivity index (χ0) is 20.3. The Kier molecular flexibility index (Phi) is 7.83. The van der Waals surface area contributed by atoms with Gasteiger partial charge >= 0.3 is 0 Å². The smallest absolute Gasteiger partial charge is 0.191 e. The van der Waals surface area contributed by atoms with E-state index in [0.717, 1.165) is 24.6 Å². The molecule has 152 valence electrons. The van der Waals surface area contributed by atoms with E-state index in [0.29, 0.717) is 13.1 Å². The summed E-state index contributed by atoms with van der Waals surface area (Å²) < 4.78 is 1.91. The highest BCUT2D eigenvalue weighted by molar-refractivity contribution is 5.79. The second-order valence-electron chi connectivity index (χ2n) is 6.84. The van der Waals surface area contributed by atoms with Gasteiger partial charge in [-0.05, 0) is 29.7 Å². The van der Waals surface area contributed by atoms with Crippen molar-refractivity contribution < 1.29 is 5.11 Å². The third-order valence-electron chi connectivity index (χ3n) is 4.77. The highest BCUT2D eigenvalue weighted by atomic mass is 16.3. The normalized spacial score (nSPS) is 12.6. The van der Waals surface area contributed by atoms with Crippen molar-refractivity contribution in [2.75, 3.05) is 19.7 Å². The lowest BCUT2D eigenvalue weighted by Gasteiger charge is -2.18. The molecule has 0 spiro atoms. The lowest BCUT2D eigenvalue weighted by Crippen LogP contribution is -2.40. The van der Waals surface area contributed by atoms with Gasteiger partial charge in [-0.3, -0.25) is 4.68 Å². The summed E-state index contributed by atoms with van der Waals surface area (Å²) in [5.74, 6) is 0.767. The SMILES string of the molecule is CCNC(=NCc1ccccc1Cn1cccn1)NCC(CO)c1ccccc1. The number of nitrogens with zero attached hydrogens (tertiary/aromatic N) is 3. The molecule has 0 bridgehead atoms. The third kappa shape index (κ3) is 6.19. The minimum Gasteiger partial charge on any atom is -0.396 e. The maximum Gasteiger partial charge on any atom is 0.191 e. The van der Waals surface area contributed by atoms with Gasteiger partial charge in [0.2, 0.25) is 0 Å². The molecular formula is C23H29N5O. The number of aliphatic hydroxyl groups is 1. The second kappa shape index (κ2) is 11.0. The maximum atomic E-state index is 9.78. The molecule has 6 nitrogen and oxygen atoms in total. The van der Waals surface area contributed by atoms with Crippen molar-refractivity contribution in [3.8, 4) is 0 Å². The molecule has 1 heterocycles. The van der Waals surface area contributed by atoms with Crippen molar-refractivity contribution in [3.05, 3.63) is 89.7 Å². The predicted molar refractivity (Wildman–Crippen MR) is 117 cm³/mol. The molecule has 1 atom stereocenters. The van der Waals surface area contributed by atoms with E-state index in [1.165, 1.54) is 11.1 Å². The molecule has 2 aromatic carbocycles. The number of guanidine groups is 1. The van der Waals surface area contributed by atoms with Crippen LogP contribution in [0.25, 0.3) is 0 Å². The first-order chi connectivity index (χ1) is 14.3. The summed E-state index contributed by atoms with van der Waals surface area (Å²) in [6.07, 6.45) is 3.75. The van der Waals surface area contributed by atoms with Crippen LogP contribution in [0.5, 0.6) is 0 Å². The van der Waals surface area contributed by atoms with Crippen LogP contribution in [0.15, 0.2) is 78.0 Å². The summed E-state index contributed by atoms with van der Waals surface area (Å²) in [6, 6.07) is 20.3. The summed E-state index contributed by atoms with van der Waals surface area (Å²) >= 11 is 0. The van der Waals surface area contributed by atoms with E-state index in [2.05, 4.69) is 27.9 Å². The molecule has 29 heavy (non-hydrogen) atoms. The van der Waals surface area contributed by atoms with Crippen LogP contribution in [0.1, 0.15) is 29.5 Å². The summed E-state index contributed by atoms with van der Waals surface area (Å²) in [6.45, 7) is 4.81. The second-order valence-corrected chi connectivity index (χ2v) is 6.84. The standard InChI is InChI=1S/C23H29N5O/c1-2-24-23(26-16-22(18-29)19-9-4-3-5-10-19)25-15-20-11-6-7-12-21(20)17-28-14-8-13-27-28/h3-14,22,29H,2,15-18H2,1H3,(H2,24,25,26). The number of nitrogens with one attached hydrogen (secondary N) is 2. The molecule has 3 aromatic rings. The lowest BCUT2D eigenvalue weighted by atomic mass is 10.0. The summed E-state index contributed by atoms with van der Waals surface area (Å²) in [4.78, 5) is 4.76. The first-order valence-corrected chi connectivity index (χ1v) is 10.0. The number of rotatable bonds is 9. The molecule has 0 fully saturated rings. The number of benzene rings is 2. The van der Waals surface area contributed by atoms with Crippen LogP contribution >= 0.6 is 0 Å². The molecule has 0 aliphatic heterocycles. The quantitative estimate of drug-likeness (QED) is 0.387. The first-order valence-electron chi connectivity index (χ1n) is 10.0. The van der Waals surface area contributed by atoms with E-state index in [1.54, 1.807) is 6.20 Å². The molecule has 1 unspecified atom stereocenters. The van der Waals surface area contributed by atoms with Crippen molar-refractivity contribution in [2.24, 2.45) is 4.99 Å². The van der Waals surface area contributed by atoms with Gasteiger partial charge < -0.3 is 15.7 Å². The predicted octanol–water partition coefficient (Wildman–Crippen LogP) is 2.76. The van der Waals surface area contributed by atoms with E-state index in [-0.39, 0.29) is 12.5 Å². The van der Waals surface area contributed by atoms with Gasteiger partial charge in [0, 0.05) is 31.4 Å². The van der Waals surface area contributed by atoms with Crippen LogP contribution in [0.4, 0.5) is 0 Å². The average Bonchev–Trinajstić information content (AvgIpc) is 3.27. The minimum atomic E-state index is 0.0205. The van der Waals surface area contributed by atoms with Crippen molar-refractivity contribution in [3.63, 3.8) is 0 Å². The fraction of sp³-hybridized carbons (Fsp3) is 0.304. The average molecular weight is 392 g/mol. The number of hydrogen-bond donors (Lipinski definition) is 3. The lowest BCUT2D eigenvalue weighted by molar-refractivity contribution is 0.265. The fourth-order valence-corrected chi connectivity index (χ4v) is 3.17. The zero-order valence-electron chi connectivity index (χ0n) is 16.8. The van der Waals surface area contributed by atoms with E-state index < -0.39 is 0 Å². The minimum absolute atomic E-state index is 0.0205. The molecular weight excluding hydrogens is 362 g/mol. The number of aliphatic hydroxyl groups excluding tert-OH is 1. The molecule has 3 rings (SSSR count). The highest BCUT2D eigenvalue weighted by Crippen LogP contribution is 2.14. The molecule has 0 amide bonds. The summed E-state index contributed by atoms with van der Waals surface area (Å²) in [5, 5.41) is 20.7. The molecule has 0 radical (unpaired) electrons. The van der Waals surface area contributed by atoms with Crippen LogP contribution in [0.3, 0.4) is 0 Å². The van der Waals surface area contributed by atoms with Crippen LogP contribution in [-0.2, 0) is 13.1 Å². The molecule has 6 heteroatoms. The first kappa shape index (κ1) is 20.6. The van der Waals surface area contributed by atoms with Crippen LogP contribution in [0.2, 0.25) is 0 Å². The zero-order valence-corrected chi connectivity index (χ0v) is 16.8. The van der Waals surface area contributed by atoms with Gasteiger partial charge in [0.25, 0.3) is 0 Å². The molecule has 0 saturated carbocycles. The largest absolute Gasteiger partial charge is 0.396 e. The Hall–Kier alpha value is -3.12. The van der Waals surface area contributed by atoms with Crippen LogP contribution in [-0.4, -0.2) is 40.5 Å². The molecule has 0 saturated heterocycles. The third-order valence-corrected chi connectivity index (χ3v) is 4.77. The van der Waals surface area contributed by atoms with Crippen molar-refractivity contribution in [1.29, 1.82) is 0 Å². The molecule has 1 aromatic heterocycles. The van der Waals surface area contributed by atoms with Crippen molar-refractivity contribution >= 4 is 5.96 Å². The van der Waals surface area contributed by atoms with Gasteiger partial charge in [-0.25, -0.2) is 4.99 Å². The molecule has 0 aliphatic rings.